The first kappa shape index (κ1) is 14.1. The maximum Gasteiger partial charge on any atom is 0.183 e. The molecule has 0 saturated heterocycles. The molecular formula is C12H20O2Si. The van der Waals surface area contributed by atoms with Gasteiger partial charge >= 0.3 is 0 Å². The zero-order valence-corrected chi connectivity index (χ0v) is 11.0. The van der Waals surface area contributed by atoms with Gasteiger partial charge in [-0.3, -0.25) is 4.79 Å². The average molecular weight is 224 g/mol. The lowest BCUT2D eigenvalue weighted by Gasteiger charge is -2.14. The summed E-state index contributed by atoms with van der Waals surface area (Å²) in [5, 5.41) is 0. The highest BCUT2D eigenvalue weighted by Crippen LogP contribution is 2.00. The van der Waals surface area contributed by atoms with Crippen molar-refractivity contribution in [2.75, 3.05) is 6.61 Å². The second kappa shape index (κ2) is 7.37. The first-order valence-electron chi connectivity index (χ1n) is 5.13. The number of carbonyl (C=O) groups is 1. The van der Waals surface area contributed by atoms with Crippen LogP contribution in [0.2, 0.25) is 19.6 Å². The van der Waals surface area contributed by atoms with Gasteiger partial charge in [0.05, 0.1) is 0 Å². The number of benzene rings is 1. The zero-order valence-electron chi connectivity index (χ0n) is 9.99. The molecule has 0 fully saturated rings. The maximum atomic E-state index is 10.0. The molecule has 0 aliphatic rings. The van der Waals surface area contributed by atoms with Crippen molar-refractivity contribution in [3.05, 3.63) is 35.9 Å². The number of hydrogen-bond donors (Lipinski definition) is 0. The molecule has 0 bridgehead atoms. The van der Waals surface area contributed by atoms with Crippen LogP contribution in [0.4, 0.5) is 0 Å². The fraction of sp³-hybridized carbons (Fsp3) is 0.417. The minimum absolute atomic E-state index is 0.729. The summed E-state index contributed by atoms with van der Waals surface area (Å²) >= 11 is 0. The summed E-state index contributed by atoms with van der Waals surface area (Å²) < 4.78 is 5.37. The summed E-state index contributed by atoms with van der Waals surface area (Å²) in [4.78, 5) is 10.0. The van der Waals surface area contributed by atoms with Crippen LogP contribution in [0.25, 0.3) is 0 Å². The number of aldehydes is 1. The predicted octanol–water partition coefficient (Wildman–Crippen LogP) is 3.36. The minimum atomic E-state index is -1.16. The van der Waals surface area contributed by atoms with Crippen LogP contribution in [0, 0.1) is 0 Å². The second-order valence-corrected chi connectivity index (χ2v) is 8.59. The van der Waals surface area contributed by atoms with Gasteiger partial charge in [0.15, 0.2) is 8.32 Å². The molecule has 0 aliphatic heterocycles. The lowest BCUT2D eigenvalue weighted by molar-refractivity contribution is 0.112. The molecule has 0 aromatic heterocycles. The molecular weight excluding hydrogens is 204 g/mol. The third kappa shape index (κ3) is 9.37. The highest BCUT2D eigenvalue weighted by molar-refractivity contribution is 6.69. The molecule has 0 amide bonds. The Morgan fingerprint density at radius 1 is 1.20 bits per heavy atom. The summed E-state index contributed by atoms with van der Waals surface area (Å²) in [5.41, 5.74) is 0.729. The van der Waals surface area contributed by atoms with Crippen molar-refractivity contribution in [2.45, 2.75) is 26.6 Å². The normalized spacial score (nSPS) is 10.1. The predicted molar refractivity (Wildman–Crippen MR) is 66.8 cm³/mol. The third-order valence-electron chi connectivity index (χ3n) is 1.51. The lowest BCUT2D eigenvalue weighted by atomic mass is 10.2. The highest BCUT2D eigenvalue weighted by Gasteiger charge is 2.11. The lowest BCUT2D eigenvalue weighted by Crippen LogP contribution is -2.24. The SMILES string of the molecule is CCO[Si](C)(C)C.O=Cc1ccccc1. The van der Waals surface area contributed by atoms with E-state index in [2.05, 4.69) is 19.6 Å². The topological polar surface area (TPSA) is 26.3 Å². The van der Waals surface area contributed by atoms with Gasteiger partial charge in [0.25, 0.3) is 0 Å². The number of rotatable bonds is 3. The largest absolute Gasteiger partial charge is 0.418 e. The quantitative estimate of drug-likeness (QED) is 0.581. The van der Waals surface area contributed by atoms with Crippen LogP contribution in [0.5, 0.6) is 0 Å². The molecule has 84 valence electrons. The van der Waals surface area contributed by atoms with E-state index in [1.165, 1.54) is 0 Å². The van der Waals surface area contributed by atoms with Crippen molar-refractivity contribution in [2.24, 2.45) is 0 Å². The van der Waals surface area contributed by atoms with Gasteiger partial charge in [-0.1, -0.05) is 30.3 Å². The smallest absolute Gasteiger partial charge is 0.183 e. The standard InChI is InChI=1S/C7H6O.C5H14OSi/c8-6-7-4-2-1-3-5-7;1-5-6-7(2,3)4/h1-6H;5H2,1-4H3. The van der Waals surface area contributed by atoms with Crippen molar-refractivity contribution in [1.29, 1.82) is 0 Å². The molecule has 1 aromatic carbocycles. The molecule has 0 aliphatic carbocycles. The van der Waals surface area contributed by atoms with Crippen LogP contribution in [0.1, 0.15) is 17.3 Å². The van der Waals surface area contributed by atoms with Crippen LogP contribution in [-0.4, -0.2) is 21.2 Å². The zero-order chi connectivity index (χ0) is 11.7. The Morgan fingerprint density at radius 2 is 1.73 bits per heavy atom. The molecule has 1 rings (SSSR count). The van der Waals surface area contributed by atoms with E-state index in [1.807, 2.05) is 25.1 Å². The first-order valence-corrected chi connectivity index (χ1v) is 8.54. The molecule has 0 atom stereocenters. The van der Waals surface area contributed by atoms with E-state index in [4.69, 9.17) is 4.43 Å². The summed E-state index contributed by atoms with van der Waals surface area (Å²) in [5.74, 6) is 0. The van der Waals surface area contributed by atoms with E-state index >= 15 is 0 Å². The number of carbonyl (C=O) groups excluding carboxylic acids is 1. The second-order valence-electron chi connectivity index (χ2n) is 4.07. The van der Waals surface area contributed by atoms with Crippen molar-refractivity contribution in [3.63, 3.8) is 0 Å². The van der Waals surface area contributed by atoms with E-state index in [0.29, 0.717) is 0 Å². The Hall–Kier alpha value is -0.933. The van der Waals surface area contributed by atoms with Crippen molar-refractivity contribution in [3.8, 4) is 0 Å². The van der Waals surface area contributed by atoms with Gasteiger partial charge in [-0.15, -0.1) is 0 Å². The monoisotopic (exact) mass is 224 g/mol. The molecule has 0 spiro atoms. The van der Waals surface area contributed by atoms with Crippen LogP contribution in [0.3, 0.4) is 0 Å². The Balaban J connectivity index is 0.000000265. The van der Waals surface area contributed by atoms with Crippen LogP contribution in [0.15, 0.2) is 30.3 Å². The van der Waals surface area contributed by atoms with E-state index in [-0.39, 0.29) is 0 Å². The highest BCUT2D eigenvalue weighted by atomic mass is 28.4. The fourth-order valence-electron chi connectivity index (χ4n) is 0.965. The van der Waals surface area contributed by atoms with Gasteiger partial charge in [-0.05, 0) is 26.6 Å². The Kier molecular flexibility index (Phi) is 6.91. The Labute approximate surface area is 93.4 Å². The molecule has 1 aromatic rings. The van der Waals surface area contributed by atoms with Gasteiger partial charge in [-0.25, -0.2) is 0 Å². The summed E-state index contributed by atoms with van der Waals surface area (Å²) in [6.45, 7) is 9.48. The van der Waals surface area contributed by atoms with E-state index in [9.17, 15) is 4.79 Å². The molecule has 0 saturated carbocycles. The van der Waals surface area contributed by atoms with E-state index in [0.717, 1.165) is 18.5 Å². The minimum Gasteiger partial charge on any atom is -0.418 e. The van der Waals surface area contributed by atoms with Crippen LogP contribution in [-0.2, 0) is 4.43 Å². The fourth-order valence-corrected chi connectivity index (χ4v) is 1.83. The molecule has 15 heavy (non-hydrogen) atoms. The van der Waals surface area contributed by atoms with E-state index < -0.39 is 8.32 Å². The van der Waals surface area contributed by atoms with Gasteiger partial charge < -0.3 is 4.43 Å². The van der Waals surface area contributed by atoms with Crippen molar-refractivity contribution >= 4 is 14.6 Å². The van der Waals surface area contributed by atoms with E-state index in [1.54, 1.807) is 12.1 Å². The Morgan fingerprint density at radius 3 is 1.93 bits per heavy atom. The summed E-state index contributed by atoms with van der Waals surface area (Å²) in [6, 6.07) is 9.10. The van der Waals surface area contributed by atoms with Crippen molar-refractivity contribution < 1.29 is 9.22 Å². The molecule has 2 nitrogen and oxygen atoms in total. The van der Waals surface area contributed by atoms with Gasteiger partial charge in [0.2, 0.25) is 0 Å². The summed E-state index contributed by atoms with van der Waals surface area (Å²) in [6.07, 6.45) is 0.833. The first-order chi connectivity index (χ1) is 6.99. The van der Waals surface area contributed by atoms with Crippen LogP contribution >= 0.6 is 0 Å². The van der Waals surface area contributed by atoms with Crippen molar-refractivity contribution in [1.82, 2.24) is 0 Å². The number of hydrogen-bond acceptors (Lipinski definition) is 2. The van der Waals surface area contributed by atoms with Crippen LogP contribution < -0.4 is 0 Å². The van der Waals surface area contributed by atoms with Gasteiger partial charge in [0.1, 0.15) is 6.29 Å². The Bertz CT molecular complexity index is 265. The molecule has 3 heteroatoms. The molecule has 0 unspecified atom stereocenters. The third-order valence-corrected chi connectivity index (χ3v) is 2.67. The summed E-state index contributed by atoms with van der Waals surface area (Å²) in [7, 11) is -1.16. The van der Waals surface area contributed by atoms with Gasteiger partial charge in [-0.2, -0.15) is 0 Å². The molecule has 0 heterocycles. The molecule has 0 N–H and O–H groups in total. The molecule has 0 radical (unpaired) electrons. The average Bonchev–Trinajstić information content (AvgIpc) is 2.18. The maximum absolute atomic E-state index is 10.0. The van der Waals surface area contributed by atoms with Gasteiger partial charge in [0, 0.05) is 12.2 Å².